The van der Waals surface area contributed by atoms with E-state index in [9.17, 15) is 8.42 Å². The van der Waals surface area contributed by atoms with Crippen LogP contribution < -0.4 is 0 Å². The second kappa shape index (κ2) is 5.57. The Bertz CT molecular complexity index is 469. The van der Waals surface area contributed by atoms with Crippen LogP contribution in [0.15, 0.2) is 16.6 Å². The Morgan fingerprint density at radius 1 is 1.67 bits per heavy atom. The van der Waals surface area contributed by atoms with Crippen LogP contribution in [0.1, 0.15) is 13.8 Å². The molecule has 0 aromatic heterocycles. The van der Waals surface area contributed by atoms with Crippen molar-refractivity contribution in [3.8, 4) is 0 Å². The highest BCUT2D eigenvalue weighted by Gasteiger charge is 2.31. The van der Waals surface area contributed by atoms with Crippen molar-refractivity contribution in [1.29, 1.82) is 0 Å². The molecule has 18 heavy (non-hydrogen) atoms. The Labute approximate surface area is 107 Å². The Hall–Kier alpha value is -1.28. The molecule has 8 heteroatoms. The summed E-state index contributed by atoms with van der Waals surface area (Å²) in [6.45, 7) is 2.98. The first-order chi connectivity index (χ1) is 8.29. The van der Waals surface area contributed by atoms with Crippen LogP contribution in [0.3, 0.4) is 0 Å². The number of aliphatic hydroxyl groups excluding tert-OH is 1. The third-order valence-corrected chi connectivity index (χ3v) is 3.55. The molecular weight excluding hydrogens is 260 g/mol. The fourth-order valence-corrected chi connectivity index (χ4v) is 2.42. The van der Waals surface area contributed by atoms with Crippen molar-refractivity contribution in [2.24, 2.45) is 4.99 Å². The molecule has 1 aliphatic rings. The van der Waals surface area contributed by atoms with Gasteiger partial charge in [-0.15, -0.1) is 0 Å². The summed E-state index contributed by atoms with van der Waals surface area (Å²) in [5.41, 5.74) is 0. The van der Waals surface area contributed by atoms with Gasteiger partial charge >= 0.3 is 0 Å². The monoisotopic (exact) mass is 278 g/mol. The summed E-state index contributed by atoms with van der Waals surface area (Å²) < 4.78 is 34.8. The normalized spacial score (nSPS) is 21.9. The molecule has 7 nitrogen and oxygen atoms in total. The number of aliphatic hydroxyl groups is 1. The van der Waals surface area contributed by atoms with Gasteiger partial charge in [0.15, 0.2) is 11.7 Å². The average Bonchev–Trinajstić information content (AvgIpc) is 2.29. The van der Waals surface area contributed by atoms with Crippen LogP contribution >= 0.6 is 0 Å². The van der Waals surface area contributed by atoms with Gasteiger partial charge in [-0.25, -0.2) is 12.7 Å². The number of aliphatic imine (C=N–C) groups is 1. The van der Waals surface area contributed by atoms with Crippen LogP contribution in [0.4, 0.5) is 0 Å². The standard InChI is InChI=1S/C10H18N2O5S/c1-7-10(11-8(2)16-3)12(18(4,14)15)5-9(6-13)17-7/h9,13H,5-6H2,1-4H3/t9-/m1/s1. The smallest absolute Gasteiger partial charge is 0.233 e. The molecular formula is C10H18N2O5S. The zero-order valence-corrected chi connectivity index (χ0v) is 11.7. The maximum Gasteiger partial charge on any atom is 0.233 e. The lowest BCUT2D eigenvalue weighted by atomic mass is 10.3. The highest BCUT2D eigenvalue weighted by molar-refractivity contribution is 7.88. The maximum absolute atomic E-state index is 11.7. The molecule has 0 unspecified atom stereocenters. The predicted molar refractivity (Wildman–Crippen MR) is 66.3 cm³/mol. The fraction of sp³-hybridized carbons (Fsp3) is 0.700. The Balaban J connectivity index is 3.22. The lowest BCUT2D eigenvalue weighted by Crippen LogP contribution is -2.42. The van der Waals surface area contributed by atoms with Gasteiger partial charge in [-0.2, -0.15) is 4.99 Å². The predicted octanol–water partition coefficient (Wildman–Crippen LogP) is -0.107. The SMILES string of the molecule is COC(C)=NC1=C(C)O[C@@H](CO)CN1S(C)(=O)=O. The van der Waals surface area contributed by atoms with Crippen LogP contribution in [0.5, 0.6) is 0 Å². The average molecular weight is 278 g/mol. The number of sulfonamides is 1. The molecule has 0 saturated heterocycles. The minimum atomic E-state index is -3.48. The van der Waals surface area contributed by atoms with E-state index < -0.39 is 16.1 Å². The first-order valence-electron chi connectivity index (χ1n) is 5.35. The van der Waals surface area contributed by atoms with E-state index in [0.29, 0.717) is 11.7 Å². The zero-order chi connectivity index (χ0) is 13.9. The van der Waals surface area contributed by atoms with E-state index in [4.69, 9.17) is 14.6 Å². The summed E-state index contributed by atoms with van der Waals surface area (Å²) in [5, 5.41) is 9.08. The van der Waals surface area contributed by atoms with Crippen LogP contribution in [0, 0.1) is 0 Å². The van der Waals surface area contributed by atoms with Gasteiger partial charge in [0.2, 0.25) is 10.0 Å². The molecule has 0 saturated carbocycles. The lowest BCUT2D eigenvalue weighted by molar-refractivity contribution is 0.0294. The third-order valence-electron chi connectivity index (χ3n) is 2.43. The molecule has 0 fully saturated rings. The fourth-order valence-electron chi connectivity index (χ4n) is 1.50. The molecule has 1 atom stereocenters. The molecule has 0 radical (unpaired) electrons. The molecule has 0 bridgehead atoms. The Morgan fingerprint density at radius 3 is 2.72 bits per heavy atom. The van der Waals surface area contributed by atoms with Crippen molar-refractivity contribution in [1.82, 2.24) is 4.31 Å². The van der Waals surface area contributed by atoms with Gasteiger partial charge in [-0.05, 0) is 6.92 Å². The molecule has 1 heterocycles. The van der Waals surface area contributed by atoms with Gasteiger partial charge in [-0.3, -0.25) is 0 Å². The summed E-state index contributed by atoms with van der Waals surface area (Å²) in [6.07, 6.45) is 0.499. The molecule has 0 aromatic rings. The molecule has 0 amide bonds. The second-order valence-corrected chi connectivity index (χ2v) is 5.84. The van der Waals surface area contributed by atoms with E-state index in [2.05, 4.69) is 4.99 Å². The number of hydrogen-bond donors (Lipinski definition) is 1. The van der Waals surface area contributed by atoms with Crippen molar-refractivity contribution in [2.45, 2.75) is 20.0 Å². The number of hydrogen-bond acceptors (Lipinski definition) is 6. The molecule has 104 valence electrons. The van der Waals surface area contributed by atoms with Gasteiger partial charge in [-0.1, -0.05) is 0 Å². The molecule has 1 aliphatic heterocycles. The number of allylic oxidation sites excluding steroid dienone is 1. The first-order valence-corrected chi connectivity index (χ1v) is 7.19. The van der Waals surface area contributed by atoms with Crippen molar-refractivity contribution in [3.05, 3.63) is 11.6 Å². The summed E-state index contributed by atoms with van der Waals surface area (Å²) in [5.74, 6) is 0.840. The number of ether oxygens (including phenoxy) is 2. The molecule has 1 rings (SSSR count). The summed E-state index contributed by atoms with van der Waals surface area (Å²) in [6, 6.07) is 0. The van der Waals surface area contributed by atoms with E-state index >= 15 is 0 Å². The molecule has 0 aromatic carbocycles. The number of nitrogens with zero attached hydrogens (tertiary/aromatic N) is 2. The van der Waals surface area contributed by atoms with Crippen LogP contribution in [-0.4, -0.2) is 56.3 Å². The van der Waals surface area contributed by atoms with Gasteiger partial charge in [0, 0.05) is 6.92 Å². The summed E-state index contributed by atoms with van der Waals surface area (Å²) >= 11 is 0. The summed E-state index contributed by atoms with van der Waals surface area (Å²) in [7, 11) is -2.04. The maximum atomic E-state index is 11.7. The minimum absolute atomic E-state index is 0.0303. The van der Waals surface area contributed by atoms with Crippen LogP contribution in [-0.2, 0) is 19.5 Å². The van der Waals surface area contributed by atoms with Gasteiger partial charge in [0.25, 0.3) is 0 Å². The van der Waals surface area contributed by atoms with E-state index in [1.54, 1.807) is 13.8 Å². The van der Waals surface area contributed by atoms with Gasteiger partial charge in [0.1, 0.15) is 11.9 Å². The molecule has 0 aliphatic carbocycles. The van der Waals surface area contributed by atoms with E-state index in [-0.39, 0.29) is 19.0 Å². The Morgan fingerprint density at radius 2 is 2.28 bits per heavy atom. The molecule has 1 N–H and O–H groups in total. The van der Waals surface area contributed by atoms with Crippen molar-refractivity contribution in [2.75, 3.05) is 26.5 Å². The van der Waals surface area contributed by atoms with Gasteiger partial charge < -0.3 is 14.6 Å². The highest BCUT2D eigenvalue weighted by Crippen LogP contribution is 2.24. The highest BCUT2D eigenvalue weighted by atomic mass is 32.2. The first kappa shape index (κ1) is 14.8. The largest absolute Gasteiger partial charge is 0.487 e. The Kier molecular flexibility index (Phi) is 4.58. The van der Waals surface area contributed by atoms with Crippen LogP contribution in [0.25, 0.3) is 0 Å². The minimum Gasteiger partial charge on any atom is -0.487 e. The van der Waals surface area contributed by atoms with Crippen molar-refractivity contribution >= 4 is 15.9 Å². The topological polar surface area (TPSA) is 88.4 Å². The van der Waals surface area contributed by atoms with E-state index in [1.807, 2.05) is 0 Å². The van der Waals surface area contributed by atoms with E-state index in [0.717, 1.165) is 10.6 Å². The van der Waals surface area contributed by atoms with Crippen molar-refractivity contribution < 1.29 is 23.0 Å². The van der Waals surface area contributed by atoms with Gasteiger partial charge in [0.05, 0.1) is 26.5 Å². The lowest BCUT2D eigenvalue weighted by Gasteiger charge is -2.33. The van der Waals surface area contributed by atoms with Crippen molar-refractivity contribution in [3.63, 3.8) is 0 Å². The van der Waals surface area contributed by atoms with Crippen LogP contribution in [0.2, 0.25) is 0 Å². The number of rotatable bonds is 3. The zero-order valence-electron chi connectivity index (χ0n) is 10.9. The molecule has 0 spiro atoms. The quantitative estimate of drug-likeness (QED) is 0.575. The second-order valence-electron chi connectivity index (χ2n) is 3.93. The third kappa shape index (κ3) is 3.36. The number of methoxy groups -OCH3 is 1. The van der Waals surface area contributed by atoms with E-state index in [1.165, 1.54) is 7.11 Å². The summed E-state index contributed by atoms with van der Waals surface area (Å²) in [4.78, 5) is 4.07.